The van der Waals surface area contributed by atoms with Gasteiger partial charge in [-0.2, -0.15) is 0 Å². The van der Waals surface area contributed by atoms with E-state index in [0.29, 0.717) is 39.2 Å². The maximum absolute atomic E-state index is 14.7. The largest absolute Gasteiger partial charge is 0.383 e. The number of methoxy groups -OCH3 is 1. The summed E-state index contributed by atoms with van der Waals surface area (Å²) in [6.45, 7) is 1.88. The zero-order valence-corrected chi connectivity index (χ0v) is 17.1. The van der Waals surface area contributed by atoms with Crippen LogP contribution in [0.5, 0.6) is 0 Å². The van der Waals surface area contributed by atoms with Gasteiger partial charge in [-0.25, -0.2) is 13.5 Å². The first-order valence-electron chi connectivity index (χ1n) is 10.2. The summed E-state index contributed by atoms with van der Waals surface area (Å²) in [5.41, 5.74) is 0.758. The first-order valence-corrected chi connectivity index (χ1v) is 10.2. The zero-order chi connectivity index (χ0) is 21.2. The minimum Gasteiger partial charge on any atom is -0.383 e. The molecule has 0 N–H and O–H groups in total. The number of carbonyl (C=O) groups is 1. The van der Waals surface area contributed by atoms with E-state index in [0.717, 1.165) is 17.7 Å². The molecule has 1 atom stereocenters. The van der Waals surface area contributed by atoms with E-state index in [1.54, 1.807) is 34.0 Å². The van der Waals surface area contributed by atoms with Crippen molar-refractivity contribution in [3.63, 3.8) is 0 Å². The number of likely N-dealkylation sites (tertiary alicyclic amines) is 2. The lowest BCUT2D eigenvalue weighted by Crippen LogP contribution is -2.61. The minimum absolute atomic E-state index is 0.156. The van der Waals surface area contributed by atoms with E-state index in [9.17, 15) is 13.6 Å². The monoisotopic (exact) mass is 419 g/mol. The van der Waals surface area contributed by atoms with Crippen molar-refractivity contribution in [2.75, 3.05) is 39.9 Å². The topological polar surface area (TPSA) is 63.5 Å². The summed E-state index contributed by atoms with van der Waals surface area (Å²) in [5, 5.41) is 7.74. The van der Waals surface area contributed by atoms with E-state index in [1.165, 1.54) is 0 Å². The fourth-order valence-corrected chi connectivity index (χ4v) is 4.77. The van der Waals surface area contributed by atoms with Gasteiger partial charge in [0.2, 0.25) is 5.91 Å². The number of halogens is 2. The molecule has 30 heavy (non-hydrogen) atoms. The van der Waals surface area contributed by atoms with Crippen LogP contribution in [0.4, 0.5) is 8.78 Å². The molecular weight excluding hydrogens is 392 g/mol. The van der Waals surface area contributed by atoms with Crippen LogP contribution in [0.3, 0.4) is 0 Å². The van der Waals surface area contributed by atoms with Crippen molar-refractivity contribution < 1.29 is 18.3 Å². The van der Waals surface area contributed by atoms with Gasteiger partial charge in [-0.05, 0) is 30.5 Å². The molecule has 7 nitrogen and oxygen atoms in total. The molecule has 1 aromatic heterocycles. The molecule has 0 bridgehead atoms. The van der Waals surface area contributed by atoms with Gasteiger partial charge in [-0.1, -0.05) is 17.3 Å². The standard InChI is InChI=1S/C21H27F2N5O2/c1-30-12-11-27-9-2-7-20(19(27)29)14-21(22,23)16-26(15-20)13-17-3-5-18(6-4-17)28-10-8-24-25-28/h3-6,8,10H,2,7,9,11-16H2,1H3. The van der Waals surface area contributed by atoms with Crippen molar-refractivity contribution in [3.8, 4) is 5.69 Å². The highest BCUT2D eigenvalue weighted by molar-refractivity contribution is 5.84. The SMILES string of the molecule is COCCN1CCCC2(CN(Cc3ccc(-n4ccnn4)cc3)CC(F)(F)C2)C1=O. The Morgan fingerprint density at radius 3 is 2.70 bits per heavy atom. The van der Waals surface area contributed by atoms with Crippen LogP contribution < -0.4 is 0 Å². The Morgan fingerprint density at radius 2 is 2.00 bits per heavy atom. The molecule has 0 aliphatic carbocycles. The van der Waals surface area contributed by atoms with Crippen LogP contribution in [0.2, 0.25) is 0 Å². The summed E-state index contributed by atoms with van der Waals surface area (Å²) in [5.74, 6) is -3.05. The van der Waals surface area contributed by atoms with E-state index >= 15 is 0 Å². The highest BCUT2D eigenvalue weighted by atomic mass is 19.3. The molecule has 1 spiro atoms. The van der Waals surface area contributed by atoms with Gasteiger partial charge in [0.1, 0.15) is 0 Å². The first-order chi connectivity index (χ1) is 14.4. The van der Waals surface area contributed by atoms with Crippen LogP contribution in [0.15, 0.2) is 36.7 Å². The van der Waals surface area contributed by atoms with Crippen LogP contribution >= 0.6 is 0 Å². The van der Waals surface area contributed by atoms with Gasteiger partial charge in [-0.3, -0.25) is 9.69 Å². The van der Waals surface area contributed by atoms with Crippen molar-refractivity contribution >= 4 is 5.91 Å². The van der Waals surface area contributed by atoms with Gasteiger partial charge >= 0.3 is 0 Å². The molecule has 2 aliphatic rings. The molecule has 2 aliphatic heterocycles. The Balaban J connectivity index is 1.49. The highest BCUT2D eigenvalue weighted by Gasteiger charge is 2.54. The molecule has 1 aromatic carbocycles. The molecule has 0 saturated carbocycles. The summed E-state index contributed by atoms with van der Waals surface area (Å²) in [4.78, 5) is 16.6. The van der Waals surface area contributed by atoms with E-state index in [4.69, 9.17) is 4.74 Å². The lowest BCUT2D eigenvalue weighted by molar-refractivity contribution is -0.170. The second-order valence-electron chi connectivity index (χ2n) is 8.36. The number of hydrogen-bond donors (Lipinski definition) is 0. The van der Waals surface area contributed by atoms with E-state index < -0.39 is 11.3 Å². The quantitative estimate of drug-likeness (QED) is 0.719. The maximum atomic E-state index is 14.7. The lowest BCUT2D eigenvalue weighted by Gasteiger charge is -2.49. The predicted octanol–water partition coefficient (Wildman–Crippen LogP) is 2.36. The van der Waals surface area contributed by atoms with Crippen molar-refractivity contribution in [2.45, 2.75) is 31.7 Å². The number of nitrogens with zero attached hydrogens (tertiary/aromatic N) is 5. The summed E-state index contributed by atoms with van der Waals surface area (Å²) < 4.78 is 36.2. The van der Waals surface area contributed by atoms with Gasteiger partial charge in [-0.15, -0.1) is 5.10 Å². The van der Waals surface area contributed by atoms with E-state index in [1.807, 2.05) is 24.3 Å². The molecule has 2 fully saturated rings. The zero-order valence-electron chi connectivity index (χ0n) is 17.1. The van der Waals surface area contributed by atoms with E-state index in [-0.39, 0.29) is 18.9 Å². The molecule has 3 heterocycles. The third-order valence-corrected chi connectivity index (χ3v) is 6.00. The molecule has 2 aromatic rings. The Hall–Kier alpha value is -2.39. The smallest absolute Gasteiger partial charge is 0.261 e. The Bertz CT molecular complexity index is 859. The molecule has 1 amide bonds. The van der Waals surface area contributed by atoms with Crippen LogP contribution in [-0.4, -0.2) is 76.5 Å². The Kier molecular flexibility index (Phi) is 5.84. The summed E-state index contributed by atoms with van der Waals surface area (Å²) in [6, 6.07) is 7.59. The Morgan fingerprint density at radius 1 is 1.20 bits per heavy atom. The molecule has 2 saturated heterocycles. The van der Waals surface area contributed by atoms with Gasteiger partial charge in [0, 0.05) is 39.7 Å². The molecule has 0 radical (unpaired) electrons. The second-order valence-corrected chi connectivity index (χ2v) is 8.36. The van der Waals surface area contributed by atoms with Crippen molar-refractivity contribution in [1.82, 2.24) is 24.8 Å². The number of alkyl halides is 2. The fraction of sp³-hybridized carbons (Fsp3) is 0.571. The van der Waals surface area contributed by atoms with Crippen LogP contribution in [0.25, 0.3) is 5.69 Å². The molecule has 9 heteroatoms. The summed E-state index contributed by atoms with van der Waals surface area (Å²) >= 11 is 0. The summed E-state index contributed by atoms with van der Waals surface area (Å²) in [7, 11) is 1.58. The fourth-order valence-electron chi connectivity index (χ4n) is 4.77. The minimum atomic E-state index is -2.89. The van der Waals surface area contributed by atoms with Crippen molar-refractivity contribution in [2.24, 2.45) is 5.41 Å². The number of ether oxygens (including phenoxy) is 1. The average Bonchev–Trinajstić information content (AvgIpc) is 3.23. The average molecular weight is 419 g/mol. The molecule has 4 rings (SSSR count). The number of aromatic nitrogens is 3. The van der Waals surface area contributed by atoms with Gasteiger partial charge in [0.05, 0.1) is 36.6 Å². The van der Waals surface area contributed by atoms with Crippen LogP contribution in [-0.2, 0) is 16.1 Å². The van der Waals surface area contributed by atoms with Gasteiger partial charge < -0.3 is 9.64 Å². The second kappa shape index (κ2) is 8.39. The third kappa shape index (κ3) is 4.37. The number of rotatable bonds is 6. The van der Waals surface area contributed by atoms with Gasteiger partial charge in [0.15, 0.2) is 0 Å². The third-order valence-electron chi connectivity index (χ3n) is 6.00. The molecular formula is C21H27F2N5O2. The number of benzene rings is 1. The maximum Gasteiger partial charge on any atom is 0.261 e. The van der Waals surface area contributed by atoms with E-state index in [2.05, 4.69) is 10.3 Å². The first kappa shape index (κ1) is 20.9. The van der Waals surface area contributed by atoms with Gasteiger partial charge in [0.25, 0.3) is 5.92 Å². The number of amides is 1. The Labute approximate surface area is 174 Å². The predicted molar refractivity (Wildman–Crippen MR) is 106 cm³/mol. The number of hydrogen-bond acceptors (Lipinski definition) is 5. The normalized spacial score (nSPS) is 24.5. The molecule has 1 unspecified atom stereocenters. The van der Waals surface area contributed by atoms with Crippen molar-refractivity contribution in [1.29, 1.82) is 0 Å². The highest BCUT2D eigenvalue weighted by Crippen LogP contribution is 2.45. The number of piperidine rings is 2. The molecule has 162 valence electrons. The summed E-state index contributed by atoms with van der Waals surface area (Å²) in [6.07, 6.45) is 4.22. The lowest BCUT2D eigenvalue weighted by atomic mass is 9.71. The van der Waals surface area contributed by atoms with Crippen molar-refractivity contribution in [3.05, 3.63) is 42.2 Å². The van der Waals surface area contributed by atoms with Crippen LogP contribution in [0.1, 0.15) is 24.8 Å². The van der Waals surface area contributed by atoms with Crippen LogP contribution in [0, 0.1) is 5.41 Å². The number of carbonyl (C=O) groups excluding carboxylic acids is 1.